The molecule has 20 heavy (non-hydrogen) atoms. The summed E-state index contributed by atoms with van der Waals surface area (Å²) >= 11 is 0. The van der Waals surface area contributed by atoms with Crippen LogP contribution < -0.4 is 0 Å². The van der Waals surface area contributed by atoms with Crippen LogP contribution in [-0.2, 0) is 4.79 Å². The number of aliphatic carboxylic acids is 1. The van der Waals surface area contributed by atoms with Gasteiger partial charge in [-0.15, -0.1) is 0 Å². The first-order chi connectivity index (χ1) is 9.44. The number of carbonyl (C=O) groups excluding carboxylic acids is 1. The first kappa shape index (κ1) is 14.6. The van der Waals surface area contributed by atoms with Gasteiger partial charge in [-0.3, -0.25) is 9.59 Å². The van der Waals surface area contributed by atoms with E-state index < -0.39 is 11.5 Å². The highest BCUT2D eigenvalue weighted by Gasteiger charge is 2.41. The van der Waals surface area contributed by atoms with E-state index in [-0.39, 0.29) is 18.1 Å². The van der Waals surface area contributed by atoms with E-state index in [1.807, 2.05) is 0 Å². The monoisotopic (exact) mass is 279 g/mol. The third kappa shape index (κ3) is 2.86. The Balaban J connectivity index is 2.23. The van der Waals surface area contributed by atoms with Gasteiger partial charge < -0.3 is 14.4 Å². The summed E-state index contributed by atoms with van der Waals surface area (Å²) < 4.78 is 5.37. The molecule has 1 fully saturated rings. The largest absolute Gasteiger partial charge is 0.481 e. The van der Waals surface area contributed by atoms with Crippen LogP contribution in [0, 0.1) is 6.92 Å². The van der Waals surface area contributed by atoms with Gasteiger partial charge in [-0.2, -0.15) is 0 Å². The van der Waals surface area contributed by atoms with E-state index >= 15 is 0 Å². The minimum absolute atomic E-state index is 0.00503. The SMILES string of the molecule is Cc1ccc(C(=O)N(C)C2(CC(=O)O)CCCCC2)o1. The predicted molar refractivity (Wildman–Crippen MR) is 73.6 cm³/mol. The lowest BCUT2D eigenvalue weighted by Crippen LogP contribution is -2.52. The summed E-state index contributed by atoms with van der Waals surface area (Å²) in [5.41, 5.74) is -0.581. The second-order valence-corrected chi connectivity index (χ2v) is 5.63. The van der Waals surface area contributed by atoms with Crippen molar-refractivity contribution in [2.75, 3.05) is 7.05 Å². The molecule has 1 saturated carbocycles. The molecule has 0 bridgehead atoms. The highest BCUT2D eigenvalue weighted by Crippen LogP contribution is 2.36. The van der Waals surface area contributed by atoms with Gasteiger partial charge in [-0.25, -0.2) is 0 Å². The maximum absolute atomic E-state index is 12.5. The lowest BCUT2D eigenvalue weighted by molar-refractivity contribution is -0.140. The minimum Gasteiger partial charge on any atom is -0.481 e. The summed E-state index contributed by atoms with van der Waals surface area (Å²) in [7, 11) is 1.69. The van der Waals surface area contributed by atoms with Crippen molar-refractivity contribution >= 4 is 11.9 Å². The molecule has 0 aromatic carbocycles. The molecule has 0 atom stereocenters. The second-order valence-electron chi connectivity index (χ2n) is 5.63. The number of carboxylic acid groups (broad SMARTS) is 1. The molecule has 0 radical (unpaired) electrons. The first-order valence-corrected chi connectivity index (χ1v) is 7.01. The fourth-order valence-electron chi connectivity index (χ4n) is 3.05. The molecule has 0 unspecified atom stereocenters. The van der Waals surface area contributed by atoms with Crippen molar-refractivity contribution in [1.82, 2.24) is 4.90 Å². The van der Waals surface area contributed by atoms with Gasteiger partial charge in [-0.05, 0) is 31.9 Å². The zero-order chi connectivity index (χ0) is 14.8. The number of aryl methyl sites for hydroxylation is 1. The third-order valence-corrected chi connectivity index (χ3v) is 4.23. The number of carboxylic acids is 1. The van der Waals surface area contributed by atoms with Gasteiger partial charge in [0.05, 0.1) is 12.0 Å². The van der Waals surface area contributed by atoms with Crippen LogP contribution in [0.15, 0.2) is 16.5 Å². The number of amides is 1. The van der Waals surface area contributed by atoms with Crippen LogP contribution in [0.2, 0.25) is 0 Å². The molecular weight excluding hydrogens is 258 g/mol. The molecule has 1 heterocycles. The van der Waals surface area contributed by atoms with E-state index in [2.05, 4.69) is 0 Å². The Bertz CT molecular complexity index is 500. The van der Waals surface area contributed by atoms with Crippen molar-refractivity contribution in [2.24, 2.45) is 0 Å². The predicted octanol–water partition coefficient (Wildman–Crippen LogP) is 2.84. The Hall–Kier alpha value is -1.78. The maximum atomic E-state index is 12.5. The van der Waals surface area contributed by atoms with Crippen molar-refractivity contribution in [3.05, 3.63) is 23.7 Å². The highest BCUT2D eigenvalue weighted by atomic mass is 16.4. The average molecular weight is 279 g/mol. The summed E-state index contributed by atoms with van der Waals surface area (Å²) in [5, 5.41) is 9.17. The molecule has 1 aliphatic rings. The van der Waals surface area contributed by atoms with Gasteiger partial charge in [0.2, 0.25) is 0 Å². The van der Waals surface area contributed by atoms with Gasteiger partial charge in [0, 0.05) is 7.05 Å². The highest BCUT2D eigenvalue weighted by molar-refractivity contribution is 5.92. The van der Waals surface area contributed by atoms with E-state index in [4.69, 9.17) is 4.42 Å². The lowest BCUT2D eigenvalue weighted by Gasteiger charge is -2.43. The van der Waals surface area contributed by atoms with Crippen molar-refractivity contribution in [1.29, 1.82) is 0 Å². The minimum atomic E-state index is -0.859. The van der Waals surface area contributed by atoms with Crippen LogP contribution in [-0.4, -0.2) is 34.5 Å². The van der Waals surface area contributed by atoms with E-state index in [9.17, 15) is 14.7 Å². The Morgan fingerprint density at radius 2 is 1.95 bits per heavy atom. The Labute approximate surface area is 118 Å². The van der Waals surface area contributed by atoms with E-state index in [0.29, 0.717) is 5.76 Å². The van der Waals surface area contributed by atoms with Crippen molar-refractivity contribution in [3.8, 4) is 0 Å². The average Bonchev–Trinajstić information content (AvgIpc) is 2.84. The van der Waals surface area contributed by atoms with Crippen LogP contribution in [0.25, 0.3) is 0 Å². The summed E-state index contributed by atoms with van der Waals surface area (Å²) in [5.74, 6) is -0.138. The van der Waals surface area contributed by atoms with Crippen LogP contribution in [0.5, 0.6) is 0 Å². The number of rotatable bonds is 4. The van der Waals surface area contributed by atoms with E-state index in [1.54, 1.807) is 31.0 Å². The number of carbonyl (C=O) groups is 2. The first-order valence-electron chi connectivity index (χ1n) is 7.01. The summed E-state index contributed by atoms with van der Waals surface area (Å²) in [4.78, 5) is 25.2. The molecule has 1 amide bonds. The van der Waals surface area contributed by atoms with Gasteiger partial charge in [-0.1, -0.05) is 19.3 Å². The molecular formula is C15H21NO4. The van der Waals surface area contributed by atoms with Crippen LogP contribution in [0.1, 0.15) is 54.8 Å². The number of furan rings is 1. The lowest BCUT2D eigenvalue weighted by atomic mass is 9.78. The zero-order valence-electron chi connectivity index (χ0n) is 12.0. The normalized spacial score (nSPS) is 17.7. The second kappa shape index (κ2) is 5.69. The topological polar surface area (TPSA) is 70.8 Å². The third-order valence-electron chi connectivity index (χ3n) is 4.23. The van der Waals surface area contributed by atoms with Gasteiger partial charge in [0.25, 0.3) is 5.91 Å². The number of hydrogen-bond donors (Lipinski definition) is 1. The molecule has 0 aliphatic heterocycles. The zero-order valence-corrected chi connectivity index (χ0v) is 12.0. The van der Waals surface area contributed by atoms with Crippen molar-refractivity contribution in [2.45, 2.75) is 51.0 Å². The van der Waals surface area contributed by atoms with Gasteiger partial charge >= 0.3 is 5.97 Å². The van der Waals surface area contributed by atoms with E-state index in [1.165, 1.54) is 0 Å². The quantitative estimate of drug-likeness (QED) is 0.920. The Morgan fingerprint density at radius 1 is 1.30 bits per heavy atom. The number of nitrogens with zero attached hydrogens (tertiary/aromatic N) is 1. The molecule has 0 saturated heterocycles. The molecule has 5 nitrogen and oxygen atoms in total. The fraction of sp³-hybridized carbons (Fsp3) is 0.600. The molecule has 1 N–H and O–H groups in total. The van der Waals surface area contributed by atoms with Crippen LogP contribution in [0.3, 0.4) is 0 Å². The summed E-state index contributed by atoms with van der Waals surface area (Å²) in [6, 6.07) is 3.39. The molecule has 1 aliphatic carbocycles. The van der Waals surface area contributed by atoms with Crippen molar-refractivity contribution < 1.29 is 19.1 Å². The summed E-state index contributed by atoms with van der Waals surface area (Å²) in [6.45, 7) is 1.78. The molecule has 2 rings (SSSR count). The van der Waals surface area contributed by atoms with Gasteiger partial charge in [0.15, 0.2) is 5.76 Å². The smallest absolute Gasteiger partial charge is 0.305 e. The number of hydrogen-bond acceptors (Lipinski definition) is 3. The van der Waals surface area contributed by atoms with Crippen LogP contribution >= 0.6 is 0 Å². The summed E-state index contributed by atoms with van der Waals surface area (Å²) in [6.07, 6.45) is 4.49. The molecule has 1 aromatic heterocycles. The molecule has 5 heteroatoms. The van der Waals surface area contributed by atoms with E-state index in [0.717, 1.165) is 32.1 Å². The van der Waals surface area contributed by atoms with Crippen LogP contribution in [0.4, 0.5) is 0 Å². The Kier molecular flexibility index (Phi) is 4.16. The van der Waals surface area contributed by atoms with Crippen molar-refractivity contribution in [3.63, 3.8) is 0 Å². The van der Waals surface area contributed by atoms with Gasteiger partial charge in [0.1, 0.15) is 5.76 Å². The molecule has 110 valence electrons. The fourth-order valence-corrected chi connectivity index (χ4v) is 3.05. The maximum Gasteiger partial charge on any atom is 0.305 e. The molecule has 0 spiro atoms. The standard InChI is InChI=1S/C15H21NO4/c1-11-6-7-12(20-11)14(19)16(2)15(10-13(17)18)8-4-3-5-9-15/h6-7H,3-5,8-10H2,1-2H3,(H,17,18). The molecule has 1 aromatic rings. The Morgan fingerprint density at radius 3 is 2.45 bits per heavy atom.